The van der Waals surface area contributed by atoms with Gasteiger partial charge in [0.05, 0.1) is 6.10 Å². The molecule has 2 nitrogen and oxygen atoms in total. The van der Waals surface area contributed by atoms with Crippen molar-refractivity contribution >= 4 is 0 Å². The van der Waals surface area contributed by atoms with Crippen molar-refractivity contribution in [2.24, 2.45) is 0 Å². The van der Waals surface area contributed by atoms with Gasteiger partial charge in [0.15, 0.2) is 0 Å². The minimum Gasteiger partial charge on any atom is -0.489 e. The maximum atomic E-state index is 5.97. The fourth-order valence-electron chi connectivity index (χ4n) is 3.75. The molecule has 0 spiro atoms. The number of ether oxygens (including phenoxy) is 2. The molecule has 1 heterocycles. The van der Waals surface area contributed by atoms with E-state index in [0.29, 0.717) is 6.61 Å². The molecule has 1 atom stereocenters. The van der Waals surface area contributed by atoms with Crippen molar-refractivity contribution in [3.63, 3.8) is 0 Å². The first-order valence-electron chi connectivity index (χ1n) is 10.2. The lowest BCUT2D eigenvalue weighted by molar-refractivity contribution is 0.0149. The van der Waals surface area contributed by atoms with Gasteiger partial charge in [-0.2, -0.15) is 0 Å². The van der Waals surface area contributed by atoms with Crippen molar-refractivity contribution in [3.8, 4) is 5.75 Å². The molecule has 1 unspecified atom stereocenters. The molecule has 0 radical (unpaired) electrons. The van der Waals surface area contributed by atoms with Crippen molar-refractivity contribution in [2.75, 3.05) is 6.61 Å². The van der Waals surface area contributed by atoms with E-state index in [4.69, 9.17) is 9.47 Å². The van der Waals surface area contributed by atoms with Crippen LogP contribution in [-0.2, 0) is 17.8 Å². The van der Waals surface area contributed by atoms with Crippen LogP contribution in [0.4, 0.5) is 0 Å². The van der Waals surface area contributed by atoms with Crippen molar-refractivity contribution < 1.29 is 9.47 Å². The topological polar surface area (TPSA) is 18.5 Å². The van der Waals surface area contributed by atoms with Crippen LogP contribution in [0.2, 0.25) is 0 Å². The summed E-state index contributed by atoms with van der Waals surface area (Å²) in [6, 6.07) is 25.6. The average molecular weight is 373 g/mol. The summed E-state index contributed by atoms with van der Waals surface area (Å²) in [6.07, 6.45) is 4.79. The third kappa shape index (κ3) is 4.82. The molecule has 0 aliphatic carbocycles. The fraction of sp³-hybridized carbons (Fsp3) is 0.308. The summed E-state index contributed by atoms with van der Waals surface area (Å²) in [7, 11) is 0. The molecule has 4 rings (SSSR count). The predicted octanol–water partition coefficient (Wildman–Crippen LogP) is 6.41. The summed E-state index contributed by atoms with van der Waals surface area (Å²) >= 11 is 0. The number of benzene rings is 3. The third-order valence-corrected chi connectivity index (χ3v) is 5.49. The molecule has 144 valence electrons. The van der Waals surface area contributed by atoms with E-state index in [0.717, 1.165) is 25.2 Å². The summed E-state index contributed by atoms with van der Waals surface area (Å²) in [6.45, 7) is 3.68. The van der Waals surface area contributed by atoms with Gasteiger partial charge in [0.2, 0.25) is 0 Å². The SMILES string of the molecule is Cc1ccc(C2CCCCO2)cc1Cc1ccc(OCc2ccccc2)cc1. The van der Waals surface area contributed by atoms with Gasteiger partial charge >= 0.3 is 0 Å². The third-order valence-electron chi connectivity index (χ3n) is 5.49. The van der Waals surface area contributed by atoms with E-state index in [1.807, 2.05) is 18.2 Å². The van der Waals surface area contributed by atoms with Crippen LogP contribution < -0.4 is 4.74 Å². The van der Waals surface area contributed by atoms with Crippen LogP contribution in [-0.4, -0.2) is 6.61 Å². The Labute approximate surface area is 168 Å². The van der Waals surface area contributed by atoms with E-state index in [9.17, 15) is 0 Å². The molecule has 1 aliphatic rings. The van der Waals surface area contributed by atoms with Crippen LogP contribution in [0.5, 0.6) is 5.75 Å². The molecule has 1 fully saturated rings. The smallest absolute Gasteiger partial charge is 0.119 e. The lowest BCUT2D eigenvalue weighted by Crippen LogP contribution is -2.12. The fourth-order valence-corrected chi connectivity index (χ4v) is 3.75. The second-order valence-corrected chi connectivity index (χ2v) is 7.64. The van der Waals surface area contributed by atoms with Gasteiger partial charge in [-0.3, -0.25) is 0 Å². The number of aryl methyl sites for hydroxylation is 1. The zero-order valence-electron chi connectivity index (χ0n) is 16.6. The minimum absolute atomic E-state index is 0.266. The Balaban J connectivity index is 1.41. The van der Waals surface area contributed by atoms with Gasteiger partial charge in [-0.15, -0.1) is 0 Å². The molecule has 28 heavy (non-hydrogen) atoms. The Hall–Kier alpha value is -2.58. The van der Waals surface area contributed by atoms with Gasteiger partial charge in [0.25, 0.3) is 0 Å². The lowest BCUT2D eigenvalue weighted by Gasteiger charge is -2.23. The molecular formula is C26H28O2. The Morgan fingerprint density at radius 2 is 1.71 bits per heavy atom. The normalized spacial score (nSPS) is 16.7. The molecule has 0 bridgehead atoms. The van der Waals surface area contributed by atoms with Crippen LogP contribution in [0.3, 0.4) is 0 Å². The summed E-state index contributed by atoms with van der Waals surface area (Å²) in [5.41, 5.74) is 6.53. The highest BCUT2D eigenvalue weighted by atomic mass is 16.5. The van der Waals surface area contributed by atoms with E-state index in [-0.39, 0.29) is 6.10 Å². The van der Waals surface area contributed by atoms with E-state index in [1.165, 1.54) is 40.7 Å². The van der Waals surface area contributed by atoms with Gasteiger partial charge < -0.3 is 9.47 Å². The maximum absolute atomic E-state index is 5.97. The Morgan fingerprint density at radius 3 is 2.46 bits per heavy atom. The molecule has 0 saturated carbocycles. The summed E-state index contributed by atoms with van der Waals surface area (Å²) in [5.74, 6) is 0.911. The Morgan fingerprint density at radius 1 is 0.893 bits per heavy atom. The maximum Gasteiger partial charge on any atom is 0.119 e. The van der Waals surface area contributed by atoms with Crippen LogP contribution >= 0.6 is 0 Å². The van der Waals surface area contributed by atoms with Crippen molar-refractivity contribution in [3.05, 3.63) is 101 Å². The zero-order valence-corrected chi connectivity index (χ0v) is 16.6. The van der Waals surface area contributed by atoms with Gasteiger partial charge in [-0.1, -0.05) is 60.7 Å². The van der Waals surface area contributed by atoms with Gasteiger partial charge in [-0.25, -0.2) is 0 Å². The summed E-state index contributed by atoms with van der Waals surface area (Å²) in [4.78, 5) is 0. The van der Waals surface area contributed by atoms with Crippen LogP contribution in [0.25, 0.3) is 0 Å². The number of hydrogen-bond acceptors (Lipinski definition) is 2. The average Bonchev–Trinajstić information content (AvgIpc) is 2.76. The summed E-state index contributed by atoms with van der Waals surface area (Å²) < 4.78 is 11.9. The second-order valence-electron chi connectivity index (χ2n) is 7.64. The highest BCUT2D eigenvalue weighted by Crippen LogP contribution is 2.29. The van der Waals surface area contributed by atoms with Crippen LogP contribution in [0.1, 0.15) is 53.2 Å². The first-order chi connectivity index (χ1) is 13.8. The molecule has 0 N–H and O–H groups in total. The van der Waals surface area contributed by atoms with Crippen LogP contribution in [0, 0.1) is 6.92 Å². The van der Waals surface area contributed by atoms with Gasteiger partial charge in [0.1, 0.15) is 12.4 Å². The summed E-state index contributed by atoms with van der Waals surface area (Å²) in [5, 5.41) is 0. The quantitative estimate of drug-likeness (QED) is 0.498. The molecule has 3 aromatic rings. The Kier molecular flexibility index (Phi) is 6.08. The molecule has 2 heteroatoms. The van der Waals surface area contributed by atoms with Crippen molar-refractivity contribution in [1.82, 2.24) is 0 Å². The largest absolute Gasteiger partial charge is 0.489 e. The van der Waals surface area contributed by atoms with E-state index < -0.39 is 0 Å². The first-order valence-corrected chi connectivity index (χ1v) is 10.2. The molecule has 1 aliphatic heterocycles. The molecule has 0 aromatic heterocycles. The zero-order chi connectivity index (χ0) is 19.2. The highest BCUT2D eigenvalue weighted by Gasteiger charge is 2.16. The van der Waals surface area contributed by atoms with Gasteiger partial charge in [0, 0.05) is 6.61 Å². The molecular weight excluding hydrogens is 344 g/mol. The highest BCUT2D eigenvalue weighted by molar-refractivity contribution is 5.38. The van der Waals surface area contributed by atoms with Gasteiger partial charge in [-0.05, 0) is 72.6 Å². The lowest BCUT2D eigenvalue weighted by atomic mass is 9.94. The van der Waals surface area contributed by atoms with Crippen molar-refractivity contribution in [2.45, 2.75) is 45.3 Å². The van der Waals surface area contributed by atoms with E-state index in [1.54, 1.807) is 0 Å². The Bertz CT molecular complexity index is 878. The number of rotatable bonds is 6. The molecule has 1 saturated heterocycles. The predicted molar refractivity (Wildman–Crippen MR) is 114 cm³/mol. The van der Waals surface area contributed by atoms with E-state index >= 15 is 0 Å². The molecule has 3 aromatic carbocycles. The minimum atomic E-state index is 0.266. The standard InChI is InChI=1S/C26H28O2/c1-20-10-13-23(26-9-5-6-16-27-26)18-24(20)17-21-11-14-25(15-12-21)28-19-22-7-3-2-4-8-22/h2-4,7-8,10-15,18,26H,5-6,9,16-17,19H2,1H3. The first kappa shape index (κ1) is 18.8. The second kappa shape index (κ2) is 9.07. The monoisotopic (exact) mass is 372 g/mol. The number of hydrogen-bond donors (Lipinski definition) is 0. The van der Waals surface area contributed by atoms with Crippen molar-refractivity contribution in [1.29, 1.82) is 0 Å². The van der Waals surface area contributed by atoms with E-state index in [2.05, 4.69) is 61.5 Å². The molecule has 0 amide bonds. The van der Waals surface area contributed by atoms with Crippen LogP contribution in [0.15, 0.2) is 72.8 Å².